The van der Waals surface area contributed by atoms with Crippen molar-refractivity contribution in [2.24, 2.45) is 0 Å². The normalized spacial score (nSPS) is 16.2. The number of aromatic amines is 1. The number of rotatable bonds is 4. The molecule has 0 radical (unpaired) electrons. The van der Waals surface area contributed by atoms with E-state index in [0.29, 0.717) is 18.4 Å². The van der Waals surface area contributed by atoms with Gasteiger partial charge in [-0.25, -0.2) is 0 Å². The molecule has 1 aromatic heterocycles. The highest BCUT2D eigenvalue weighted by molar-refractivity contribution is 5.78. The summed E-state index contributed by atoms with van der Waals surface area (Å²) in [6.07, 6.45) is 1.90. The van der Waals surface area contributed by atoms with Crippen molar-refractivity contribution in [3.63, 3.8) is 0 Å². The number of carbonyl (C=O) groups is 1. The number of benzene rings is 1. The summed E-state index contributed by atoms with van der Waals surface area (Å²) in [5.74, 6) is 0.114. The minimum Gasteiger partial charge on any atom is -0.335 e. The van der Waals surface area contributed by atoms with Gasteiger partial charge in [-0.2, -0.15) is 5.26 Å². The number of aromatic nitrogens is 1. The van der Waals surface area contributed by atoms with Gasteiger partial charge < -0.3 is 9.88 Å². The maximum absolute atomic E-state index is 12.6. The molecule has 0 aliphatic carbocycles. The molecule has 128 valence electrons. The molecule has 1 saturated heterocycles. The number of likely N-dealkylation sites (tertiary alicyclic amines) is 1. The van der Waals surface area contributed by atoms with Crippen LogP contribution in [-0.2, 0) is 11.2 Å². The average Bonchev–Trinajstić information content (AvgIpc) is 2.54. The molecule has 1 amide bonds. The number of pyridine rings is 1. The minimum absolute atomic E-state index is 0.114. The number of H-pyrrole nitrogens is 1. The lowest BCUT2D eigenvalue weighted by molar-refractivity contribution is -0.139. The predicted octanol–water partition coefficient (Wildman–Crippen LogP) is 2.77. The second kappa shape index (κ2) is 6.94. The maximum atomic E-state index is 12.6. The van der Waals surface area contributed by atoms with Crippen LogP contribution < -0.4 is 5.56 Å². The number of nitrogens with one attached hydrogen (secondary N) is 1. The Hall–Kier alpha value is -2.87. The number of nitrogens with zero attached hydrogens (tertiary/aromatic N) is 2. The second-order valence-corrected chi connectivity index (χ2v) is 6.47. The number of hydrogen-bond donors (Lipinski definition) is 1. The molecule has 1 fully saturated rings. The summed E-state index contributed by atoms with van der Waals surface area (Å²) in [6, 6.07) is 12.2. The van der Waals surface area contributed by atoms with Gasteiger partial charge in [-0.15, -0.1) is 0 Å². The second-order valence-electron chi connectivity index (χ2n) is 6.47. The van der Waals surface area contributed by atoms with Crippen LogP contribution in [0.5, 0.6) is 0 Å². The van der Waals surface area contributed by atoms with Crippen LogP contribution >= 0.6 is 0 Å². The van der Waals surface area contributed by atoms with E-state index in [4.69, 9.17) is 5.26 Å². The first-order chi connectivity index (χ1) is 12.0. The SMILES string of the molecule is Cc1[nH]c(=O)c(C#N)c(C)c1CCC(=O)N1CCC1c1ccccc1. The van der Waals surface area contributed by atoms with Crippen LogP contribution in [0.15, 0.2) is 35.1 Å². The first kappa shape index (κ1) is 17.0. The van der Waals surface area contributed by atoms with Gasteiger partial charge in [-0.3, -0.25) is 9.59 Å². The molecule has 1 aromatic carbocycles. The summed E-state index contributed by atoms with van der Waals surface area (Å²) >= 11 is 0. The van der Waals surface area contributed by atoms with Crippen LogP contribution in [0, 0.1) is 25.2 Å². The molecule has 25 heavy (non-hydrogen) atoms. The third-order valence-corrected chi connectivity index (χ3v) is 5.03. The number of nitriles is 1. The van der Waals surface area contributed by atoms with Crippen LogP contribution in [0.25, 0.3) is 0 Å². The van der Waals surface area contributed by atoms with E-state index in [-0.39, 0.29) is 23.1 Å². The molecule has 1 atom stereocenters. The molecule has 2 heterocycles. The molecule has 1 unspecified atom stereocenters. The van der Waals surface area contributed by atoms with Crippen LogP contribution in [0.2, 0.25) is 0 Å². The van der Waals surface area contributed by atoms with Crippen LogP contribution in [0.1, 0.15) is 46.8 Å². The van der Waals surface area contributed by atoms with Gasteiger partial charge in [0, 0.05) is 18.7 Å². The van der Waals surface area contributed by atoms with Gasteiger partial charge in [0.1, 0.15) is 11.6 Å². The van der Waals surface area contributed by atoms with Crippen molar-refractivity contribution in [3.05, 3.63) is 68.6 Å². The molecule has 0 bridgehead atoms. The molecular formula is C20H21N3O2. The van der Waals surface area contributed by atoms with E-state index >= 15 is 0 Å². The van der Waals surface area contributed by atoms with Crippen molar-refractivity contribution in [1.82, 2.24) is 9.88 Å². The summed E-state index contributed by atoms with van der Waals surface area (Å²) in [4.78, 5) is 29.0. The standard InChI is InChI=1S/C20H21N3O2/c1-13-16(14(2)22-20(25)17(13)12-21)8-9-19(24)23-11-10-18(23)15-6-4-3-5-7-15/h3-7,18H,8-11H2,1-2H3,(H,22,25). The molecule has 5 heteroatoms. The largest absolute Gasteiger partial charge is 0.335 e. The van der Waals surface area contributed by atoms with Crippen molar-refractivity contribution < 1.29 is 4.79 Å². The van der Waals surface area contributed by atoms with E-state index in [1.54, 1.807) is 6.92 Å². The molecule has 5 nitrogen and oxygen atoms in total. The monoisotopic (exact) mass is 335 g/mol. The quantitative estimate of drug-likeness (QED) is 0.933. The Kier molecular flexibility index (Phi) is 4.71. The van der Waals surface area contributed by atoms with Crippen LogP contribution in [0.3, 0.4) is 0 Å². The summed E-state index contributed by atoms with van der Waals surface area (Å²) in [6.45, 7) is 4.37. The van der Waals surface area contributed by atoms with Gasteiger partial charge in [-0.1, -0.05) is 30.3 Å². The Morgan fingerprint density at radius 1 is 1.32 bits per heavy atom. The Balaban J connectivity index is 1.72. The predicted molar refractivity (Wildman–Crippen MR) is 95.1 cm³/mol. The third kappa shape index (κ3) is 3.20. The smallest absolute Gasteiger partial charge is 0.266 e. The molecule has 1 N–H and O–H groups in total. The van der Waals surface area contributed by atoms with Crippen molar-refractivity contribution in [3.8, 4) is 6.07 Å². The number of carbonyl (C=O) groups excluding carboxylic acids is 1. The lowest BCUT2D eigenvalue weighted by atomic mass is 9.93. The zero-order valence-electron chi connectivity index (χ0n) is 14.5. The van der Waals surface area contributed by atoms with Gasteiger partial charge in [-0.05, 0) is 43.4 Å². The highest BCUT2D eigenvalue weighted by atomic mass is 16.2. The van der Waals surface area contributed by atoms with Crippen LogP contribution in [-0.4, -0.2) is 22.3 Å². The molecule has 2 aromatic rings. The highest BCUT2D eigenvalue weighted by Gasteiger charge is 2.32. The Bertz CT molecular complexity index is 894. The maximum Gasteiger partial charge on any atom is 0.266 e. The Morgan fingerprint density at radius 3 is 2.64 bits per heavy atom. The van der Waals surface area contributed by atoms with Crippen molar-refractivity contribution in [2.45, 2.75) is 39.2 Å². The first-order valence-corrected chi connectivity index (χ1v) is 8.49. The fraction of sp³-hybridized carbons (Fsp3) is 0.350. The van der Waals surface area contributed by atoms with E-state index in [2.05, 4.69) is 17.1 Å². The van der Waals surface area contributed by atoms with Gasteiger partial charge in [0.2, 0.25) is 5.91 Å². The fourth-order valence-corrected chi connectivity index (χ4v) is 3.50. The summed E-state index contributed by atoms with van der Waals surface area (Å²) < 4.78 is 0. The fourth-order valence-electron chi connectivity index (χ4n) is 3.50. The Labute approximate surface area is 146 Å². The number of amides is 1. The number of hydrogen-bond acceptors (Lipinski definition) is 3. The topological polar surface area (TPSA) is 77.0 Å². The van der Waals surface area contributed by atoms with Gasteiger partial charge in [0.05, 0.1) is 6.04 Å². The van der Waals surface area contributed by atoms with Crippen molar-refractivity contribution >= 4 is 5.91 Å². The van der Waals surface area contributed by atoms with Crippen molar-refractivity contribution in [1.29, 1.82) is 5.26 Å². The lowest BCUT2D eigenvalue weighted by Gasteiger charge is -2.41. The van der Waals surface area contributed by atoms with E-state index in [0.717, 1.165) is 24.2 Å². The van der Waals surface area contributed by atoms with Gasteiger partial charge in [0.25, 0.3) is 5.56 Å². The van der Waals surface area contributed by atoms with E-state index in [9.17, 15) is 9.59 Å². The van der Waals surface area contributed by atoms with E-state index in [1.165, 1.54) is 5.56 Å². The minimum atomic E-state index is -0.362. The van der Waals surface area contributed by atoms with E-state index < -0.39 is 0 Å². The molecule has 3 rings (SSSR count). The van der Waals surface area contributed by atoms with Crippen LogP contribution in [0.4, 0.5) is 0 Å². The Morgan fingerprint density at radius 2 is 2.04 bits per heavy atom. The van der Waals surface area contributed by atoms with E-state index in [1.807, 2.05) is 36.1 Å². The molecule has 0 spiro atoms. The highest BCUT2D eigenvalue weighted by Crippen LogP contribution is 2.33. The van der Waals surface area contributed by atoms with Crippen molar-refractivity contribution in [2.75, 3.05) is 6.54 Å². The number of aryl methyl sites for hydroxylation is 1. The molecule has 0 saturated carbocycles. The van der Waals surface area contributed by atoms with Gasteiger partial charge in [0.15, 0.2) is 0 Å². The lowest BCUT2D eigenvalue weighted by Crippen LogP contribution is -2.45. The average molecular weight is 335 g/mol. The molecule has 1 aliphatic rings. The molecule has 1 aliphatic heterocycles. The summed E-state index contributed by atoms with van der Waals surface area (Å²) in [5, 5.41) is 9.14. The first-order valence-electron chi connectivity index (χ1n) is 8.49. The third-order valence-electron chi connectivity index (χ3n) is 5.03. The molecular weight excluding hydrogens is 314 g/mol. The zero-order valence-corrected chi connectivity index (χ0v) is 14.5. The van der Waals surface area contributed by atoms with Gasteiger partial charge >= 0.3 is 0 Å². The zero-order chi connectivity index (χ0) is 18.0. The summed E-state index contributed by atoms with van der Waals surface area (Å²) in [7, 11) is 0. The summed E-state index contributed by atoms with van der Waals surface area (Å²) in [5.41, 5.74) is 3.25.